The van der Waals surface area contributed by atoms with Crippen molar-refractivity contribution in [3.8, 4) is 11.4 Å². The topological polar surface area (TPSA) is 53.1 Å². The molecule has 0 amide bonds. The highest BCUT2D eigenvalue weighted by Gasteiger charge is 2.23. The van der Waals surface area contributed by atoms with E-state index in [9.17, 15) is 4.39 Å². The van der Waals surface area contributed by atoms with Crippen LogP contribution in [0.3, 0.4) is 0 Å². The molecular formula is C20H22FN3O. The van der Waals surface area contributed by atoms with E-state index >= 15 is 0 Å². The van der Waals surface area contributed by atoms with E-state index in [0.717, 1.165) is 22.6 Å². The Hall–Kier alpha value is -2.66. The summed E-state index contributed by atoms with van der Waals surface area (Å²) in [6, 6.07) is 16.4. The van der Waals surface area contributed by atoms with Crippen LogP contribution in [0.15, 0.2) is 54.6 Å². The first-order valence-corrected chi connectivity index (χ1v) is 8.38. The predicted molar refractivity (Wildman–Crippen MR) is 96.8 cm³/mol. The maximum atomic E-state index is 13.9. The third-order valence-corrected chi connectivity index (χ3v) is 4.10. The second kappa shape index (κ2) is 7.49. The van der Waals surface area contributed by atoms with Crippen LogP contribution in [0.5, 0.6) is 5.75 Å². The van der Waals surface area contributed by atoms with Crippen molar-refractivity contribution >= 4 is 0 Å². The van der Waals surface area contributed by atoms with Gasteiger partial charge in [-0.25, -0.2) is 9.07 Å². The Morgan fingerprint density at radius 2 is 1.92 bits per heavy atom. The standard InChI is InChI=1S/C20H22FN3O/c1-3-25-20-10-9-15(21)12-17(20)18(13-22)19-11-14(2)23-24(19)16-7-5-4-6-8-16/h4-12,18H,3,13,22H2,1-2H3. The highest BCUT2D eigenvalue weighted by Crippen LogP contribution is 2.33. The first-order chi connectivity index (χ1) is 12.1. The minimum atomic E-state index is -0.306. The normalized spacial score (nSPS) is 12.2. The summed E-state index contributed by atoms with van der Waals surface area (Å²) in [6.07, 6.45) is 0. The van der Waals surface area contributed by atoms with E-state index < -0.39 is 0 Å². The number of hydrogen-bond donors (Lipinski definition) is 1. The minimum absolute atomic E-state index is 0.223. The fourth-order valence-electron chi connectivity index (χ4n) is 3.03. The number of nitrogens with two attached hydrogens (primary N) is 1. The van der Waals surface area contributed by atoms with Gasteiger partial charge in [-0.1, -0.05) is 18.2 Å². The van der Waals surface area contributed by atoms with Gasteiger partial charge in [-0.2, -0.15) is 5.10 Å². The van der Waals surface area contributed by atoms with Crippen LogP contribution in [-0.2, 0) is 0 Å². The van der Waals surface area contributed by atoms with Crippen molar-refractivity contribution in [2.75, 3.05) is 13.2 Å². The molecule has 3 rings (SSSR count). The van der Waals surface area contributed by atoms with Gasteiger partial charge in [0.15, 0.2) is 0 Å². The van der Waals surface area contributed by atoms with Gasteiger partial charge in [-0.3, -0.25) is 0 Å². The molecule has 0 fully saturated rings. The Bertz CT molecular complexity index is 845. The lowest BCUT2D eigenvalue weighted by molar-refractivity contribution is 0.334. The average Bonchev–Trinajstić information content (AvgIpc) is 3.00. The molecule has 130 valence electrons. The molecule has 0 saturated heterocycles. The minimum Gasteiger partial charge on any atom is -0.494 e. The fourth-order valence-corrected chi connectivity index (χ4v) is 3.03. The zero-order chi connectivity index (χ0) is 17.8. The lowest BCUT2D eigenvalue weighted by Crippen LogP contribution is -2.19. The summed E-state index contributed by atoms with van der Waals surface area (Å²) in [6.45, 7) is 4.67. The number of rotatable bonds is 6. The quantitative estimate of drug-likeness (QED) is 0.743. The first kappa shape index (κ1) is 17.2. The van der Waals surface area contributed by atoms with Gasteiger partial charge in [0.2, 0.25) is 0 Å². The summed E-state index contributed by atoms with van der Waals surface area (Å²) in [5.41, 5.74) is 9.57. The van der Waals surface area contributed by atoms with Crippen molar-refractivity contribution in [3.63, 3.8) is 0 Å². The van der Waals surface area contributed by atoms with Crippen molar-refractivity contribution in [1.29, 1.82) is 0 Å². The number of halogens is 1. The molecule has 0 bridgehead atoms. The van der Waals surface area contributed by atoms with Crippen LogP contribution in [0.25, 0.3) is 5.69 Å². The van der Waals surface area contributed by atoms with Crippen molar-refractivity contribution in [2.24, 2.45) is 5.73 Å². The molecule has 0 aliphatic carbocycles. The summed E-state index contributed by atoms with van der Waals surface area (Å²) in [7, 11) is 0. The van der Waals surface area contributed by atoms with Gasteiger partial charge >= 0.3 is 0 Å². The number of aromatic nitrogens is 2. The molecule has 25 heavy (non-hydrogen) atoms. The molecule has 0 spiro atoms. The van der Waals surface area contributed by atoms with Crippen LogP contribution in [0.4, 0.5) is 4.39 Å². The predicted octanol–water partition coefficient (Wildman–Crippen LogP) is 3.81. The lowest BCUT2D eigenvalue weighted by atomic mass is 9.94. The molecule has 0 aliphatic heterocycles. The Labute approximate surface area is 147 Å². The molecule has 1 heterocycles. The average molecular weight is 339 g/mol. The van der Waals surface area contributed by atoms with Crippen LogP contribution in [0, 0.1) is 12.7 Å². The molecule has 5 heteroatoms. The molecule has 1 atom stereocenters. The smallest absolute Gasteiger partial charge is 0.123 e. The van der Waals surface area contributed by atoms with E-state index in [-0.39, 0.29) is 11.7 Å². The van der Waals surface area contributed by atoms with Gasteiger partial charge in [0.1, 0.15) is 11.6 Å². The Morgan fingerprint density at radius 1 is 1.16 bits per heavy atom. The largest absolute Gasteiger partial charge is 0.494 e. The molecule has 2 aromatic carbocycles. The Balaban J connectivity index is 2.13. The third-order valence-electron chi connectivity index (χ3n) is 4.10. The van der Waals surface area contributed by atoms with Gasteiger partial charge < -0.3 is 10.5 Å². The summed E-state index contributed by atoms with van der Waals surface area (Å²) in [5.74, 6) is 0.121. The maximum Gasteiger partial charge on any atom is 0.123 e. The van der Waals surface area contributed by atoms with Crippen LogP contribution in [-0.4, -0.2) is 22.9 Å². The molecule has 1 aromatic heterocycles. The summed E-state index contributed by atoms with van der Waals surface area (Å²) < 4.78 is 21.5. The Kier molecular flexibility index (Phi) is 5.14. The number of hydrogen-bond acceptors (Lipinski definition) is 3. The summed E-state index contributed by atoms with van der Waals surface area (Å²) in [4.78, 5) is 0. The molecule has 4 nitrogen and oxygen atoms in total. The van der Waals surface area contributed by atoms with Gasteiger partial charge in [0.05, 0.1) is 23.7 Å². The molecule has 2 N–H and O–H groups in total. The Morgan fingerprint density at radius 3 is 2.60 bits per heavy atom. The van der Waals surface area contributed by atoms with Gasteiger partial charge in [-0.15, -0.1) is 0 Å². The van der Waals surface area contributed by atoms with Crippen molar-refractivity contribution in [1.82, 2.24) is 9.78 Å². The van der Waals surface area contributed by atoms with E-state index in [4.69, 9.17) is 10.5 Å². The number of nitrogens with zero attached hydrogens (tertiary/aromatic N) is 2. The number of ether oxygens (including phenoxy) is 1. The number of benzene rings is 2. The monoisotopic (exact) mass is 339 g/mol. The second-order valence-corrected chi connectivity index (χ2v) is 5.86. The zero-order valence-corrected chi connectivity index (χ0v) is 14.4. The SMILES string of the molecule is CCOc1ccc(F)cc1C(CN)c1cc(C)nn1-c1ccccc1. The van der Waals surface area contributed by atoms with E-state index in [1.165, 1.54) is 12.1 Å². The zero-order valence-electron chi connectivity index (χ0n) is 14.4. The van der Waals surface area contributed by atoms with E-state index in [2.05, 4.69) is 5.10 Å². The van der Waals surface area contributed by atoms with Crippen molar-refractivity contribution < 1.29 is 9.13 Å². The van der Waals surface area contributed by atoms with Gasteiger partial charge in [0.25, 0.3) is 0 Å². The van der Waals surface area contributed by atoms with E-state index in [0.29, 0.717) is 18.9 Å². The molecule has 1 unspecified atom stereocenters. The van der Waals surface area contributed by atoms with Crippen molar-refractivity contribution in [2.45, 2.75) is 19.8 Å². The molecule has 0 aliphatic rings. The number of aryl methyl sites for hydroxylation is 1. The van der Waals surface area contributed by atoms with Gasteiger partial charge in [0, 0.05) is 18.0 Å². The molecule has 0 saturated carbocycles. The van der Waals surface area contributed by atoms with Crippen LogP contribution in [0.2, 0.25) is 0 Å². The highest BCUT2D eigenvalue weighted by molar-refractivity contribution is 5.44. The first-order valence-electron chi connectivity index (χ1n) is 8.38. The fraction of sp³-hybridized carbons (Fsp3) is 0.250. The third kappa shape index (κ3) is 3.56. The van der Waals surface area contributed by atoms with Crippen LogP contribution >= 0.6 is 0 Å². The molecular weight excluding hydrogens is 317 g/mol. The van der Waals surface area contributed by atoms with Crippen molar-refractivity contribution in [3.05, 3.63) is 77.4 Å². The maximum absolute atomic E-state index is 13.9. The summed E-state index contributed by atoms with van der Waals surface area (Å²) >= 11 is 0. The van der Waals surface area contributed by atoms with Gasteiger partial charge in [-0.05, 0) is 50.2 Å². The van der Waals surface area contributed by atoms with Crippen LogP contribution < -0.4 is 10.5 Å². The molecule has 0 radical (unpaired) electrons. The summed E-state index contributed by atoms with van der Waals surface area (Å²) in [5, 5.41) is 4.60. The lowest BCUT2D eigenvalue weighted by Gasteiger charge is -2.20. The highest BCUT2D eigenvalue weighted by atomic mass is 19.1. The van der Waals surface area contributed by atoms with Crippen LogP contribution in [0.1, 0.15) is 29.8 Å². The number of para-hydroxylation sites is 1. The van der Waals surface area contributed by atoms with E-state index in [1.54, 1.807) is 6.07 Å². The molecule has 3 aromatic rings. The van der Waals surface area contributed by atoms with E-state index in [1.807, 2.05) is 54.9 Å². The second-order valence-electron chi connectivity index (χ2n) is 5.86.